The molecule has 1 aromatic heterocycles. The maximum atomic E-state index is 10.5. The van der Waals surface area contributed by atoms with E-state index < -0.39 is 0 Å². The van der Waals surface area contributed by atoms with Crippen molar-refractivity contribution in [2.45, 2.75) is 0 Å². The van der Waals surface area contributed by atoms with Gasteiger partial charge in [0.25, 0.3) is 0 Å². The van der Waals surface area contributed by atoms with Crippen molar-refractivity contribution in [2.75, 3.05) is 0 Å². The second-order valence-corrected chi connectivity index (χ2v) is 18.2. The Morgan fingerprint density at radius 1 is 0.257 bits per heavy atom. The van der Waals surface area contributed by atoms with E-state index in [1.807, 2.05) is 54.6 Å². The molecule has 0 unspecified atom stereocenters. The van der Waals surface area contributed by atoms with Gasteiger partial charge in [0.2, 0.25) is 0 Å². The summed E-state index contributed by atoms with van der Waals surface area (Å²) in [5.74, 6) is 1.75. The summed E-state index contributed by atoms with van der Waals surface area (Å²) in [5.41, 5.74) is 21.7. The minimum atomic E-state index is 0.557. The van der Waals surface area contributed by atoms with Gasteiger partial charge in [0, 0.05) is 16.7 Å². The lowest BCUT2D eigenvalue weighted by atomic mass is 9.91. The molecule has 0 saturated carbocycles. The van der Waals surface area contributed by atoms with Crippen LogP contribution in [0.3, 0.4) is 0 Å². The molecule has 0 saturated heterocycles. The van der Waals surface area contributed by atoms with Gasteiger partial charge >= 0.3 is 0 Å². The summed E-state index contributed by atoms with van der Waals surface area (Å²) in [7, 11) is 0. The molecule has 0 fully saturated rings. The first-order valence-corrected chi connectivity index (χ1v) is 23.6. The summed E-state index contributed by atoms with van der Waals surface area (Å²) in [4.78, 5) is 15.7. The molecule has 0 N–H and O–H groups in total. The monoisotopic (exact) mass is 886 g/mol. The SMILES string of the molecule is N#Cc1cc(-c2cccc(-c3cccc(-c4ccc5c(c4)-c4cccc6cccc-5c46)c3)c2)cc(-c2ccccc2-c2nc(-c3ccccc3)nc(-c3ccc4c5c(cccc35)-c3ccccc3-4)n2)c1. The van der Waals surface area contributed by atoms with Crippen molar-refractivity contribution in [3.8, 4) is 129 Å². The van der Waals surface area contributed by atoms with E-state index in [0.29, 0.717) is 23.0 Å². The van der Waals surface area contributed by atoms with Crippen LogP contribution in [0.25, 0.3) is 145 Å². The second kappa shape index (κ2) is 15.8. The summed E-state index contributed by atoms with van der Waals surface area (Å²) >= 11 is 0. The van der Waals surface area contributed by atoms with Crippen molar-refractivity contribution >= 4 is 21.5 Å². The Bertz CT molecular complexity index is 4160. The number of benzene rings is 11. The predicted octanol–water partition coefficient (Wildman–Crippen LogP) is 17.0. The van der Waals surface area contributed by atoms with Gasteiger partial charge in [-0.3, -0.25) is 0 Å². The maximum absolute atomic E-state index is 10.5. The summed E-state index contributed by atoms with van der Waals surface area (Å²) in [6, 6.07) is 83.9. The van der Waals surface area contributed by atoms with Crippen LogP contribution in [0.15, 0.2) is 231 Å². The number of nitriles is 1. The molecule has 0 radical (unpaired) electrons. The molecule has 12 aromatic rings. The van der Waals surface area contributed by atoms with Gasteiger partial charge in [-0.2, -0.15) is 5.26 Å². The number of hydrogen-bond donors (Lipinski definition) is 0. The van der Waals surface area contributed by atoms with Crippen molar-refractivity contribution in [1.82, 2.24) is 15.0 Å². The highest BCUT2D eigenvalue weighted by Gasteiger charge is 2.25. The Labute approximate surface area is 405 Å². The molecule has 0 atom stereocenters. The van der Waals surface area contributed by atoms with Crippen LogP contribution in [-0.4, -0.2) is 15.0 Å². The van der Waals surface area contributed by atoms with Crippen molar-refractivity contribution in [2.24, 2.45) is 0 Å². The molecule has 14 rings (SSSR count). The van der Waals surface area contributed by atoms with E-state index >= 15 is 0 Å². The average Bonchev–Trinajstić information content (AvgIpc) is 3.94. The fourth-order valence-corrected chi connectivity index (χ4v) is 11.0. The third-order valence-corrected chi connectivity index (χ3v) is 14.2. The Morgan fingerprint density at radius 2 is 0.700 bits per heavy atom. The largest absolute Gasteiger partial charge is 0.208 e. The van der Waals surface area contributed by atoms with E-state index in [2.05, 4.69) is 182 Å². The second-order valence-electron chi connectivity index (χ2n) is 18.2. The van der Waals surface area contributed by atoms with E-state index in [9.17, 15) is 5.26 Å². The lowest BCUT2D eigenvalue weighted by molar-refractivity contribution is 1.08. The molecule has 0 spiro atoms. The van der Waals surface area contributed by atoms with Crippen LogP contribution in [0.5, 0.6) is 0 Å². The molecule has 0 aliphatic heterocycles. The fraction of sp³-hybridized carbons (Fsp3) is 0. The zero-order chi connectivity index (χ0) is 46.3. The molecule has 4 heteroatoms. The Kier molecular flexibility index (Phi) is 8.92. The zero-order valence-electron chi connectivity index (χ0n) is 37.7. The normalized spacial score (nSPS) is 11.7. The molecule has 1 heterocycles. The quantitative estimate of drug-likeness (QED) is 0.160. The van der Waals surface area contributed by atoms with Gasteiger partial charge in [-0.05, 0) is 153 Å². The van der Waals surface area contributed by atoms with E-state index in [-0.39, 0.29) is 0 Å². The first-order chi connectivity index (χ1) is 34.6. The van der Waals surface area contributed by atoms with Crippen molar-refractivity contribution in [3.05, 3.63) is 236 Å². The van der Waals surface area contributed by atoms with Crippen LogP contribution in [-0.2, 0) is 0 Å². The van der Waals surface area contributed by atoms with Gasteiger partial charge in [0.05, 0.1) is 11.6 Å². The van der Waals surface area contributed by atoms with Gasteiger partial charge in [0.15, 0.2) is 17.5 Å². The van der Waals surface area contributed by atoms with E-state index in [1.54, 1.807) is 0 Å². The van der Waals surface area contributed by atoms with E-state index in [1.165, 1.54) is 66.2 Å². The lowest BCUT2D eigenvalue weighted by Gasteiger charge is -2.15. The minimum Gasteiger partial charge on any atom is -0.208 e. The van der Waals surface area contributed by atoms with Crippen LogP contribution in [0.4, 0.5) is 0 Å². The molecule has 322 valence electrons. The average molecular weight is 887 g/mol. The van der Waals surface area contributed by atoms with Crippen molar-refractivity contribution in [1.29, 1.82) is 5.26 Å². The topological polar surface area (TPSA) is 62.5 Å². The third kappa shape index (κ3) is 6.34. The third-order valence-electron chi connectivity index (χ3n) is 14.2. The first-order valence-electron chi connectivity index (χ1n) is 23.6. The highest BCUT2D eigenvalue weighted by atomic mass is 15.0. The van der Waals surface area contributed by atoms with Gasteiger partial charge < -0.3 is 0 Å². The Morgan fingerprint density at radius 3 is 1.40 bits per heavy atom. The fourth-order valence-electron chi connectivity index (χ4n) is 11.0. The predicted molar refractivity (Wildman–Crippen MR) is 286 cm³/mol. The van der Waals surface area contributed by atoms with Crippen LogP contribution in [0.2, 0.25) is 0 Å². The number of fused-ring (bicyclic) bond motifs is 6. The molecule has 2 aliphatic rings. The zero-order valence-corrected chi connectivity index (χ0v) is 37.7. The number of hydrogen-bond acceptors (Lipinski definition) is 4. The highest BCUT2D eigenvalue weighted by molar-refractivity contribution is 6.19. The van der Waals surface area contributed by atoms with Crippen LogP contribution in [0.1, 0.15) is 5.56 Å². The smallest absolute Gasteiger partial charge is 0.164 e. The van der Waals surface area contributed by atoms with Crippen LogP contribution >= 0.6 is 0 Å². The number of rotatable bonds is 7. The number of aromatic nitrogens is 3. The Hall–Kier alpha value is -9.56. The summed E-state index contributed by atoms with van der Waals surface area (Å²) in [6.07, 6.45) is 0. The van der Waals surface area contributed by atoms with Crippen LogP contribution < -0.4 is 0 Å². The molecule has 2 aliphatic carbocycles. The molecule has 0 amide bonds. The van der Waals surface area contributed by atoms with E-state index in [0.717, 1.165) is 61.0 Å². The van der Waals surface area contributed by atoms with Crippen molar-refractivity contribution < 1.29 is 0 Å². The maximum Gasteiger partial charge on any atom is 0.164 e. The lowest BCUT2D eigenvalue weighted by Crippen LogP contribution is -2.01. The Balaban J connectivity index is 0.850. The molecule has 11 aromatic carbocycles. The molecule has 70 heavy (non-hydrogen) atoms. The summed E-state index contributed by atoms with van der Waals surface area (Å²) in [6.45, 7) is 0. The van der Waals surface area contributed by atoms with E-state index in [4.69, 9.17) is 15.0 Å². The van der Waals surface area contributed by atoms with Gasteiger partial charge in [-0.1, -0.05) is 188 Å². The summed E-state index contributed by atoms with van der Waals surface area (Å²) < 4.78 is 0. The number of nitrogens with zero attached hydrogens (tertiary/aromatic N) is 4. The molecule has 4 nitrogen and oxygen atoms in total. The van der Waals surface area contributed by atoms with Gasteiger partial charge in [-0.15, -0.1) is 0 Å². The molecule has 0 bridgehead atoms. The summed E-state index contributed by atoms with van der Waals surface area (Å²) in [5, 5.41) is 15.4. The van der Waals surface area contributed by atoms with Crippen molar-refractivity contribution in [3.63, 3.8) is 0 Å². The first kappa shape index (κ1) is 39.6. The van der Waals surface area contributed by atoms with Gasteiger partial charge in [0.1, 0.15) is 0 Å². The van der Waals surface area contributed by atoms with Crippen LogP contribution in [0, 0.1) is 11.3 Å². The molecular weight excluding hydrogens is 849 g/mol. The van der Waals surface area contributed by atoms with Gasteiger partial charge in [-0.25, -0.2) is 15.0 Å². The standard InChI is InChI=1S/C66H38N4/c67-39-40-33-48(46-20-9-18-44(36-46)43-17-8-19-45(35-43)47-29-30-53-54-25-10-15-41-16-11-26-57(62(41)54)61(53)38-47)37-49(34-40)50-21-4-7-24-59(50)65-68-64(42-13-2-1-3-14-42)69-66(70-65)60-32-31-58-52-23-6-5-22-51(52)55-27-12-28-56(60)63(55)58/h1-38H. The molecular formula is C66H38N4. The minimum absolute atomic E-state index is 0.557. The highest BCUT2D eigenvalue weighted by Crippen LogP contribution is 2.50.